The molecule has 1 amide bonds. The van der Waals surface area contributed by atoms with Gasteiger partial charge in [0.05, 0.1) is 12.1 Å². The van der Waals surface area contributed by atoms with Gasteiger partial charge in [0.2, 0.25) is 5.91 Å². The lowest BCUT2D eigenvalue weighted by atomic mass is 10.2. The molecular weight excluding hydrogens is 248 g/mol. The van der Waals surface area contributed by atoms with Gasteiger partial charge in [0.25, 0.3) is 0 Å². The van der Waals surface area contributed by atoms with E-state index in [1.54, 1.807) is 0 Å². The largest absolute Gasteiger partial charge is 0.302 e. The fourth-order valence-electron chi connectivity index (χ4n) is 1.46. The molecule has 0 aliphatic carbocycles. The van der Waals surface area contributed by atoms with E-state index in [0.717, 1.165) is 11.3 Å². The van der Waals surface area contributed by atoms with Gasteiger partial charge in [-0.3, -0.25) is 9.59 Å². The fraction of sp³-hybridized carbons (Fsp3) is 0.154. The number of hydrogen-bond donors (Lipinski definition) is 1. The zero-order valence-electron chi connectivity index (χ0n) is 9.84. The number of ketones is 1. The van der Waals surface area contributed by atoms with Crippen molar-refractivity contribution >= 4 is 28.2 Å². The van der Waals surface area contributed by atoms with Crippen molar-refractivity contribution < 1.29 is 9.59 Å². The van der Waals surface area contributed by atoms with Gasteiger partial charge in [0.1, 0.15) is 5.78 Å². The maximum absolute atomic E-state index is 11.4. The molecule has 1 N–H and O–H groups in total. The summed E-state index contributed by atoms with van der Waals surface area (Å²) in [5.41, 5.74) is 1.82. The third kappa shape index (κ3) is 3.24. The number of amides is 1. The van der Waals surface area contributed by atoms with Crippen molar-refractivity contribution in [3.05, 3.63) is 35.7 Å². The molecule has 92 valence electrons. The van der Waals surface area contributed by atoms with Crippen LogP contribution in [0.1, 0.15) is 13.3 Å². The van der Waals surface area contributed by atoms with E-state index in [1.807, 2.05) is 35.7 Å². The molecule has 5 heteroatoms. The highest BCUT2D eigenvalue weighted by molar-refractivity contribution is 7.14. The number of Topliss-reactive ketones (excluding diaryl/α,β-unsaturated/α-hetero) is 1. The average Bonchev–Trinajstić information content (AvgIpc) is 2.77. The molecule has 0 radical (unpaired) electrons. The van der Waals surface area contributed by atoms with Gasteiger partial charge in [-0.05, 0) is 6.92 Å². The maximum Gasteiger partial charge on any atom is 0.233 e. The summed E-state index contributed by atoms with van der Waals surface area (Å²) in [5.74, 6) is -0.483. The van der Waals surface area contributed by atoms with Crippen molar-refractivity contribution in [1.29, 1.82) is 0 Å². The molecule has 0 bridgehead atoms. The van der Waals surface area contributed by atoms with Gasteiger partial charge in [0, 0.05) is 10.9 Å². The summed E-state index contributed by atoms with van der Waals surface area (Å²) >= 11 is 1.35. The van der Waals surface area contributed by atoms with Crippen molar-refractivity contribution in [2.24, 2.45) is 0 Å². The van der Waals surface area contributed by atoms with Crippen LogP contribution in [0, 0.1) is 0 Å². The number of carbonyl (C=O) groups excluding carboxylic acids is 2. The van der Waals surface area contributed by atoms with E-state index in [9.17, 15) is 9.59 Å². The molecule has 2 rings (SSSR count). The Bertz CT molecular complexity index is 563. The molecule has 18 heavy (non-hydrogen) atoms. The number of nitrogens with zero attached hydrogens (tertiary/aromatic N) is 1. The standard InChI is InChI=1S/C13H12N2O2S/c1-9(16)7-12(17)15-13-14-11(8-18-13)10-5-3-2-4-6-10/h2-6,8H,7H2,1H3,(H,14,15,17). The smallest absolute Gasteiger partial charge is 0.233 e. The number of thiazole rings is 1. The lowest BCUT2D eigenvalue weighted by Gasteiger charge is -1.98. The third-order valence-electron chi connectivity index (χ3n) is 2.23. The third-order valence-corrected chi connectivity index (χ3v) is 2.99. The van der Waals surface area contributed by atoms with Gasteiger partial charge in [-0.15, -0.1) is 11.3 Å². The normalized spacial score (nSPS) is 10.1. The second kappa shape index (κ2) is 5.55. The zero-order valence-corrected chi connectivity index (χ0v) is 10.7. The minimum atomic E-state index is -0.323. The van der Waals surface area contributed by atoms with Crippen molar-refractivity contribution in [2.75, 3.05) is 5.32 Å². The Morgan fingerprint density at radius 2 is 2.00 bits per heavy atom. The number of hydrogen-bond acceptors (Lipinski definition) is 4. The van der Waals surface area contributed by atoms with Crippen LogP contribution in [0.25, 0.3) is 11.3 Å². The van der Waals surface area contributed by atoms with Crippen LogP contribution in [-0.4, -0.2) is 16.7 Å². The van der Waals surface area contributed by atoms with Gasteiger partial charge in [-0.25, -0.2) is 4.98 Å². The molecule has 0 atom stereocenters. The van der Waals surface area contributed by atoms with Crippen molar-refractivity contribution in [2.45, 2.75) is 13.3 Å². The van der Waals surface area contributed by atoms with Gasteiger partial charge >= 0.3 is 0 Å². The Kier molecular flexibility index (Phi) is 3.84. The van der Waals surface area contributed by atoms with Crippen LogP contribution in [0.5, 0.6) is 0 Å². The summed E-state index contributed by atoms with van der Waals surface area (Å²) in [7, 11) is 0. The first-order valence-corrected chi connectivity index (χ1v) is 6.33. The molecule has 0 fully saturated rings. The van der Waals surface area contributed by atoms with Crippen molar-refractivity contribution in [3.63, 3.8) is 0 Å². The molecule has 4 nitrogen and oxygen atoms in total. The Balaban J connectivity index is 2.07. The maximum atomic E-state index is 11.4. The average molecular weight is 260 g/mol. The Morgan fingerprint density at radius 1 is 1.28 bits per heavy atom. The van der Waals surface area contributed by atoms with E-state index in [4.69, 9.17) is 0 Å². The first-order valence-electron chi connectivity index (χ1n) is 5.45. The fourth-order valence-corrected chi connectivity index (χ4v) is 2.20. The number of nitrogens with one attached hydrogen (secondary N) is 1. The van der Waals surface area contributed by atoms with Crippen LogP contribution >= 0.6 is 11.3 Å². The summed E-state index contributed by atoms with van der Waals surface area (Å²) in [6.07, 6.45) is -0.111. The van der Waals surface area contributed by atoms with Gasteiger partial charge in [0.15, 0.2) is 5.13 Å². The second-order valence-electron chi connectivity index (χ2n) is 3.83. The van der Waals surface area contributed by atoms with E-state index >= 15 is 0 Å². The minimum absolute atomic E-state index is 0.111. The molecular formula is C13H12N2O2S. The van der Waals surface area contributed by atoms with Crippen LogP contribution in [-0.2, 0) is 9.59 Å². The molecule has 0 saturated heterocycles. The molecule has 0 aliphatic heterocycles. The van der Waals surface area contributed by atoms with Crippen LogP contribution in [0.2, 0.25) is 0 Å². The molecule has 1 aromatic carbocycles. The molecule has 0 spiro atoms. The van der Waals surface area contributed by atoms with Crippen LogP contribution in [0.15, 0.2) is 35.7 Å². The van der Waals surface area contributed by atoms with E-state index in [-0.39, 0.29) is 18.1 Å². The molecule has 0 unspecified atom stereocenters. The molecule has 1 aromatic heterocycles. The number of rotatable bonds is 4. The lowest BCUT2D eigenvalue weighted by molar-refractivity contribution is -0.124. The summed E-state index contributed by atoms with van der Waals surface area (Å²) in [4.78, 5) is 26.5. The first-order chi connectivity index (χ1) is 8.65. The Hall–Kier alpha value is -2.01. The molecule has 0 saturated carbocycles. The summed E-state index contributed by atoms with van der Waals surface area (Å²) in [6.45, 7) is 1.39. The predicted molar refractivity (Wildman–Crippen MR) is 71.5 cm³/mol. The highest BCUT2D eigenvalue weighted by Gasteiger charge is 2.09. The van der Waals surface area contributed by atoms with E-state index < -0.39 is 0 Å². The zero-order chi connectivity index (χ0) is 13.0. The minimum Gasteiger partial charge on any atom is -0.302 e. The summed E-state index contributed by atoms with van der Waals surface area (Å²) in [6, 6.07) is 9.71. The van der Waals surface area contributed by atoms with Crippen molar-refractivity contribution in [3.8, 4) is 11.3 Å². The highest BCUT2D eigenvalue weighted by Crippen LogP contribution is 2.24. The van der Waals surface area contributed by atoms with Crippen molar-refractivity contribution in [1.82, 2.24) is 4.98 Å². The predicted octanol–water partition coefficient (Wildman–Crippen LogP) is 2.73. The monoisotopic (exact) mass is 260 g/mol. The highest BCUT2D eigenvalue weighted by atomic mass is 32.1. The van der Waals surface area contributed by atoms with E-state index in [0.29, 0.717) is 5.13 Å². The second-order valence-corrected chi connectivity index (χ2v) is 4.69. The Morgan fingerprint density at radius 3 is 2.67 bits per heavy atom. The van der Waals surface area contributed by atoms with Crippen LogP contribution in [0.3, 0.4) is 0 Å². The topological polar surface area (TPSA) is 59.1 Å². The number of carbonyl (C=O) groups is 2. The Labute approximate surface area is 109 Å². The molecule has 0 aliphatic rings. The van der Waals surface area contributed by atoms with Crippen LogP contribution < -0.4 is 5.32 Å². The van der Waals surface area contributed by atoms with Gasteiger partial charge in [-0.1, -0.05) is 30.3 Å². The number of aromatic nitrogens is 1. The lowest BCUT2D eigenvalue weighted by Crippen LogP contribution is -2.14. The summed E-state index contributed by atoms with van der Waals surface area (Å²) < 4.78 is 0. The quantitative estimate of drug-likeness (QED) is 0.860. The van der Waals surface area contributed by atoms with E-state index in [1.165, 1.54) is 18.3 Å². The van der Waals surface area contributed by atoms with Gasteiger partial charge in [-0.2, -0.15) is 0 Å². The van der Waals surface area contributed by atoms with Crippen LogP contribution in [0.4, 0.5) is 5.13 Å². The first kappa shape index (κ1) is 12.4. The number of anilines is 1. The SMILES string of the molecule is CC(=O)CC(=O)Nc1nc(-c2ccccc2)cs1. The van der Waals surface area contributed by atoms with E-state index in [2.05, 4.69) is 10.3 Å². The molecule has 2 aromatic rings. The summed E-state index contributed by atoms with van der Waals surface area (Å²) in [5, 5.41) is 5.00. The van der Waals surface area contributed by atoms with Gasteiger partial charge < -0.3 is 5.32 Å². The molecule has 1 heterocycles. The number of benzene rings is 1.